The SMILES string of the molecule is CC1(C)c2c(cnc3ccncc23)-c2nccc3cc(-c4ccccc4)cc1c23. The van der Waals surface area contributed by atoms with Crippen LogP contribution in [0.2, 0.25) is 0 Å². The molecule has 0 amide bonds. The summed E-state index contributed by atoms with van der Waals surface area (Å²) in [6, 6.07) is 19.3. The summed E-state index contributed by atoms with van der Waals surface area (Å²) in [7, 11) is 0. The number of hydrogen-bond acceptors (Lipinski definition) is 3. The standard InChI is InChI=1S/C26H19N3/c1-26(2)21-13-18(16-6-4-3-5-7-16)12-17-8-11-28-25(23(17)21)20-15-29-22-9-10-27-14-19(22)24(20)26/h3-15H,1-2H3. The lowest BCUT2D eigenvalue weighted by Crippen LogP contribution is -2.25. The second kappa shape index (κ2) is 5.71. The maximum atomic E-state index is 4.79. The molecule has 1 aliphatic rings. The molecule has 0 atom stereocenters. The Balaban J connectivity index is 1.77. The molecule has 138 valence electrons. The fourth-order valence-electron chi connectivity index (χ4n) is 4.83. The molecule has 3 heterocycles. The van der Waals surface area contributed by atoms with Crippen LogP contribution in [0.25, 0.3) is 44.1 Å². The molecule has 0 radical (unpaired) electrons. The molecule has 3 heteroatoms. The summed E-state index contributed by atoms with van der Waals surface area (Å²) in [6.45, 7) is 4.61. The Bertz CT molecular complexity index is 1420. The van der Waals surface area contributed by atoms with Crippen LogP contribution in [0.5, 0.6) is 0 Å². The summed E-state index contributed by atoms with van der Waals surface area (Å²) in [5, 5.41) is 3.55. The molecule has 0 spiro atoms. The van der Waals surface area contributed by atoms with Gasteiger partial charge in [0.2, 0.25) is 0 Å². The van der Waals surface area contributed by atoms with E-state index in [0.29, 0.717) is 0 Å². The Labute approximate surface area is 169 Å². The van der Waals surface area contributed by atoms with Gasteiger partial charge in [-0.25, -0.2) is 0 Å². The normalized spacial score (nSPS) is 14.1. The largest absolute Gasteiger partial charge is 0.264 e. The van der Waals surface area contributed by atoms with E-state index in [1.165, 1.54) is 33.0 Å². The molecule has 5 aromatic rings. The van der Waals surface area contributed by atoms with Crippen molar-refractivity contribution >= 4 is 21.7 Å². The molecule has 1 aliphatic carbocycles. The lowest BCUT2D eigenvalue weighted by molar-refractivity contribution is 0.649. The smallest absolute Gasteiger partial charge is 0.0802 e. The Hall–Kier alpha value is -3.59. The lowest BCUT2D eigenvalue weighted by atomic mass is 9.68. The molecule has 0 bridgehead atoms. The Morgan fingerprint density at radius 3 is 2.52 bits per heavy atom. The zero-order valence-corrected chi connectivity index (χ0v) is 16.3. The van der Waals surface area contributed by atoms with Crippen LogP contribution in [-0.2, 0) is 5.41 Å². The molecule has 29 heavy (non-hydrogen) atoms. The molecule has 6 rings (SSSR count). The molecular weight excluding hydrogens is 354 g/mol. The number of benzene rings is 2. The first kappa shape index (κ1) is 16.4. The highest BCUT2D eigenvalue weighted by atomic mass is 14.7. The van der Waals surface area contributed by atoms with Crippen molar-refractivity contribution in [3.63, 3.8) is 0 Å². The molecule has 0 saturated heterocycles. The minimum Gasteiger partial charge on any atom is -0.264 e. The van der Waals surface area contributed by atoms with E-state index in [1.54, 1.807) is 6.20 Å². The quantitative estimate of drug-likeness (QED) is 0.354. The van der Waals surface area contributed by atoms with Crippen LogP contribution < -0.4 is 0 Å². The molecule has 0 N–H and O–H groups in total. The average Bonchev–Trinajstić information content (AvgIpc) is 2.77. The monoisotopic (exact) mass is 373 g/mol. The predicted molar refractivity (Wildman–Crippen MR) is 118 cm³/mol. The molecule has 2 aromatic carbocycles. The van der Waals surface area contributed by atoms with Gasteiger partial charge in [-0.15, -0.1) is 0 Å². The number of aromatic nitrogens is 3. The summed E-state index contributed by atoms with van der Waals surface area (Å²) in [4.78, 5) is 13.9. The van der Waals surface area contributed by atoms with Crippen LogP contribution in [0.1, 0.15) is 25.0 Å². The van der Waals surface area contributed by atoms with Crippen LogP contribution in [0.4, 0.5) is 0 Å². The topological polar surface area (TPSA) is 38.7 Å². The maximum Gasteiger partial charge on any atom is 0.0802 e. The van der Waals surface area contributed by atoms with Gasteiger partial charge in [-0.05, 0) is 51.9 Å². The number of rotatable bonds is 1. The first-order chi connectivity index (χ1) is 14.1. The zero-order chi connectivity index (χ0) is 19.6. The fraction of sp³-hybridized carbons (Fsp3) is 0.115. The second-order valence-corrected chi connectivity index (χ2v) is 8.21. The average molecular weight is 373 g/mol. The highest BCUT2D eigenvalue weighted by molar-refractivity contribution is 6.06. The van der Waals surface area contributed by atoms with E-state index >= 15 is 0 Å². The predicted octanol–water partition coefficient (Wildman–Crippen LogP) is 6.15. The van der Waals surface area contributed by atoms with Crippen molar-refractivity contribution < 1.29 is 0 Å². The van der Waals surface area contributed by atoms with Gasteiger partial charge in [0.25, 0.3) is 0 Å². The molecule has 3 nitrogen and oxygen atoms in total. The van der Waals surface area contributed by atoms with E-state index in [2.05, 4.69) is 67.4 Å². The summed E-state index contributed by atoms with van der Waals surface area (Å²) in [6.07, 6.45) is 7.63. The van der Waals surface area contributed by atoms with Crippen molar-refractivity contribution in [3.05, 3.63) is 90.5 Å². The van der Waals surface area contributed by atoms with E-state index in [-0.39, 0.29) is 5.41 Å². The van der Waals surface area contributed by atoms with Gasteiger partial charge in [0, 0.05) is 46.5 Å². The molecule has 0 unspecified atom stereocenters. The number of hydrogen-bond donors (Lipinski definition) is 0. The third-order valence-corrected chi connectivity index (χ3v) is 6.19. The van der Waals surface area contributed by atoms with Crippen molar-refractivity contribution in [2.45, 2.75) is 19.3 Å². The maximum absolute atomic E-state index is 4.79. The van der Waals surface area contributed by atoms with Crippen molar-refractivity contribution in [2.75, 3.05) is 0 Å². The van der Waals surface area contributed by atoms with Gasteiger partial charge in [-0.3, -0.25) is 15.0 Å². The van der Waals surface area contributed by atoms with Gasteiger partial charge in [-0.1, -0.05) is 44.2 Å². The molecule has 0 aliphatic heterocycles. The minimum atomic E-state index is -0.196. The summed E-state index contributed by atoms with van der Waals surface area (Å²) < 4.78 is 0. The third-order valence-electron chi connectivity index (χ3n) is 6.19. The van der Waals surface area contributed by atoms with Crippen molar-refractivity contribution in [2.24, 2.45) is 0 Å². The Kier molecular flexibility index (Phi) is 3.22. The third kappa shape index (κ3) is 2.21. The van der Waals surface area contributed by atoms with Gasteiger partial charge in [-0.2, -0.15) is 0 Å². The van der Waals surface area contributed by atoms with E-state index in [0.717, 1.165) is 22.2 Å². The van der Waals surface area contributed by atoms with Crippen molar-refractivity contribution in [1.82, 2.24) is 15.0 Å². The van der Waals surface area contributed by atoms with Gasteiger partial charge < -0.3 is 0 Å². The minimum absolute atomic E-state index is 0.196. The van der Waals surface area contributed by atoms with Gasteiger partial charge in [0.15, 0.2) is 0 Å². The first-order valence-electron chi connectivity index (χ1n) is 9.87. The Morgan fingerprint density at radius 1 is 0.793 bits per heavy atom. The summed E-state index contributed by atoms with van der Waals surface area (Å²) in [5.74, 6) is 0. The fourth-order valence-corrected chi connectivity index (χ4v) is 4.83. The second-order valence-electron chi connectivity index (χ2n) is 8.21. The lowest BCUT2D eigenvalue weighted by Gasteiger charge is -2.35. The molecular formula is C26H19N3. The number of pyridine rings is 3. The molecule has 0 saturated carbocycles. The number of nitrogens with zero attached hydrogens (tertiary/aromatic N) is 3. The van der Waals surface area contributed by atoms with Gasteiger partial charge in [0.05, 0.1) is 11.2 Å². The van der Waals surface area contributed by atoms with Crippen LogP contribution in [-0.4, -0.2) is 15.0 Å². The van der Waals surface area contributed by atoms with Crippen LogP contribution in [0.3, 0.4) is 0 Å². The zero-order valence-electron chi connectivity index (χ0n) is 16.3. The summed E-state index contributed by atoms with van der Waals surface area (Å²) >= 11 is 0. The van der Waals surface area contributed by atoms with Crippen molar-refractivity contribution in [1.29, 1.82) is 0 Å². The van der Waals surface area contributed by atoms with E-state index in [9.17, 15) is 0 Å². The highest BCUT2D eigenvalue weighted by Gasteiger charge is 2.36. The van der Waals surface area contributed by atoms with Gasteiger partial charge >= 0.3 is 0 Å². The summed E-state index contributed by atoms with van der Waals surface area (Å²) in [5.41, 5.74) is 7.94. The molecule has 0 fully saturated rings. The van der Waals surface area contributed by atoms with E-state index in [1.807, 2.05) is 24.7 Å². The van der Waals surface area contributed by atoms with Crippen LogP contribution in [0.15, 0.2) is 79.4 Å². The Morgan fingerprint density at radius 2 is 1.66 bits per heavy atom. The van der Waals surface area contributed by atoms with Crippen LogP contribution in [0, 0.1) is 0 Å². The van der Waals surface area contributed by atoms with E-state index in [4.69, 9.17) is 9.97 Å². The van der Waals surface area contributed by atoms with Crippen molar-refractivity contribution in [3.8, 4) is 22.4 Å². The first-order valence-corrected chi connectivity index (χ1v) is 9.87. The number of fused-ring (bicyclic) bond motifs is 4. The highest BCUT2D eigenvalue weighted by Crippen LogP contribution is 2.50. The molecule has 3 aromatic heterocycles. The van der Waals surface area contributed by atoms with Gasteiger partial charge in [0.1, 0.15) is 0 Å². The van der Waals surface area contributed by atoms with Crippen LogP contribution >= 0.6 is 0 Å². The van der Waals surface area contributed by atoms with E-state index < -0.39 is 0 Å².